The number of aliphatic hydroxyl groups excluding tert-OH is 1. The van der Waals surface area contributed by atoms with Crippen LogP contribution in [0.25, 0.3) is 0 Å². The van der Waals surface area contributed by atoms with Crippen LogP contribution in [-0.2, 0) is 4.79 Å². The molecule has 0 spiro atoms. The highest BCUT2D eigenvalue weighted by atomic mass is 16.6. The Bertz CT molecular complexity index is 719. The van der Waals surface area contributed by atoms with Crippen molar-refractivity contribution < 1.29 is 24.2 Å². The summed E-state index contributed by atoms with van der Waals surface area (Å²) in [5.41, 5.74) is 0. The fourth-order valence-electron chi connectivity index (χ4n) is 2.72. The highest BCUT2D eigenvalue weighted by Crippen LogP contribution is 2.22. The van der Waals surface area contributed by atoms with E-state index in [-0.39, 0.29) is 6.54 Å². The molecule has 0 aromatic heterocycles. The van der Waals surface area contributed by atoms with E-state index in [1.54, 1.807) is 48.5 Å². The Hall–Kier alpha value is -2.86. The molecule has 2 aromatic rings. The maximum Gasteiger partial charge on any atom is 0.416 e. The van der Waals surface area contributed by atoms with Gasteiger partial charge in [0.25, 0.3) is 0 Å². The Morgan fingerprint density at radius 2 is 1.44 bits per heavy atom. The number of likely N-dealkylation sites (tertiary alicyclic amines) is 1. The zero-order valence-corrected chi connectivity index (χ0v) is 13.6. The van der Waals surface area contributed by atoms with Crippen molar-refractivity contribution in [2.24, 2.45) is 0 Å². The van der Waals surface area contributed by atoms with E-state index < -0.39 is 24.2 Å². The van der Waals surface area contributed by atoms with Gasteiger partial charge in [-0.3, -0.25) is 4.90 Å². The Morgan fingerprint density at radius 3 is 2.04 bits per heavy atom. The van der Waals surface area contributed by atoms with E-state index in [1.165, 1.54) is 4.90 Å². The summed E-state index contributed by atoms with van der Waals surface area (Å²) in [6, 6.07) is 16.5. The van der Waals surface area contributed by atoms with Gasteiger partial charge in [0.15, 0.2) is 0 Å². The number of amides is 1. The third-order valence-corrected chi connectivity index (χ3v) is 3.97. The van der Waals surface area contributed by atoms with Gasteiger partial charge < -0.3 is 14.6 Å². The molecule has 1 aliphatic rings. The van der Waals surface area contributed by atoms with Crippen molar-refractivity contribution in [3.05, 3.63) is 60.7 Å². The topological polar surface area (TPSA) is 76.1 Å². The van der Waals surface area contributed by atoms with Crippen molar-refractivity contribution in [2.75, 3.05) is 6.54 Å². The van der Waals surface area contributed by atoms with Crippen molar-refractivity contribution in [1.29, 1.82) is 0 Å². The van der Waals surface area contributed by atoms with Crippen molar-refractivity contribution in [3.8, 4) is 11.5 Å². The summed E-state index contributed by atoms with van der Waals surface area (Å²) in [5, 5.41) is 9.88. The molecule has 1 heterocycles. The van der Waals surface area contributed by atoms with Gasteiger partial charge in [-0.1, -0.05) is 36.4 Å². The van der Waals surface area contributed by atoms with Gasteiger partial charge in [0.2, 0.25) is 0 Å². The number of carbonyl (C=O) groups is 2. The van der Waals surface area contributed by atoms with E-state index in [1.807, 2.05) is 12.1 Å². The number of aliphatic hydroxyl groups is 1. The summed E-state index contributed by atoms with van der Waals surface area (Å²) in [4.78, 5) is 26.2. The molecule has 1 aliphatic heterocycles. The minimum absolute atomic E-state index is 0.0280. The van der Waals surface area contributed by atoms with Crippen LogP contribution in [0, 0.1) is 0 Å². The van der Waals surface area contributed by atoms with E-state index >= 15 is 0 Å². The largest absolute Gasteiger partial charge is 0.425 e. The van der Waals surface area contributed by atoms with Gasteiger partial charge in [-0.05, 0) is 37.1 Å². The molecule has 1 amide bonds. The lowest BCUT2D eigenvalue weighted by molar-refractivity contribution is -0.142. The van der Waals surface area contributed by atoms with Gasteiger partial charge >= 0.3 is 12.1 Å². The molecule has 130 valence electrons. The zero-order chi connectivity index (χ0) is 17.6. The molecular weight excluding hydrogens is 322 g/mol. The number of benzene rings is 2. The summed E-state index contributed by atoms with van der Waals surface area (Å²) >= 11 is 0. The molecular formula is C19H19NO5. The summed E-state index contributed by atoms with van der Waals surface area (Å²) in [7, 11) is 0. The standard InChI is InChI=1S/C19H19NO5/c21-14-11-12-17(18(22)24-15-7-3-1-4-8-15)20(13-14)19(23)25-16-9-5-2-6-10-16/h1-10,14,17,21H,11-13H2/t14-,17+/m1/s1. The number of para-hydroxylation sites is 2. The van der Waals surface area contributed by atoms with E-state index in [9.17, 15) is 14.7 Å². The van der Waals surface area contributed by atoms with E-state index in [4.69, 9.17) is 9.47 Å². The van der Waals surface area contributed by atoms with Gasteiger partial charge in [-0.25, -0.2) is 9.59 Å². The van der Waals surface area contributed by atoms with Crippen molar-refractivity contribution in [1.82, 2.24) is 4.90 Å². The van der Waals surface area contributed by atoms with E-state index in [2.05, 4.69) is 0 Å². The molecule has 25 heavy (non-hydrogen) atoms. The number of nitrogens with zero attached hydrogens (tertiary/aromatic N) is 1. The van der Waals surface area contributed by atoms with Crippen LogP contribution in [0.1, 0.15) is 12.8 Å². The van der Waals surface area contributed by atoms with Crippen LogP contribution in [0.4, 0.5) is 4.79 Å². The van der Waals surface area contributed by atoms with Gasteiger partial charge in [-0.15, -0.1) is 0 Å². The molecule has 6 nitrogen and oxygen atoms in total. The van der Waals surface area contributed by atoms with Crippen LogP contribution in [0.3, 0.4) is 0 Å². The quantitative estimate of drug-likeness (QED) is 0.686. The fourth-order valence-corrected chi connectivity index (χ4v) is 2.72. The van der Waals surface area contributed by atoms with Crippen LogP contribution < -0.4 is 9.47 Å². The average molecular weight is 341 g/mol. The smallest absolute Gasteiger partial charge is 0.416 e. The molecule has 3 rings (SSSR count). The minimum Gasteiger partial charge on any atom is -0.425 e. The molecule has 0 saturated carbocycles. The van der Waals surface area contributed by atoms with Gasteiger partial charge in [0.05, 0.1) is 12.6 Å². The molecule has 2 aromatic carbocycles. The highest BCUT2D eigenvalue weighted by molar-refractivity contribution is 5.84. The average Bonchev–Trinajstić information content (AvgIpc) is 2.63. The maximum absolute atomic E-state index is 12.5. The second kappa shape index (κ2) is 7.81. The minimum atomic E-state index is -0.792. The van der Waals surface area contributed by atoms with Crippen molar-refractivity contribution in [2.45, 2.75) is 25.0 Å². The summed E-state index contributed by atoms with van der Waals surface area (Å²) in [6.45, 7) is 0.0280. The Morgan fingerprint density at radius 1 is 0.880 bits per heavy atom. The van der Waals surface area contributed by atoms with Crippen LogP contribution >= 0.6 is 0 Å². The third-order valence-electron chi connectivity index (χ3n) is 3.97. The summed E-state index contributed by atoms with van der Waals surface area (Å²) in [6.07, 6.45) is -0.635. The molecule has 1 fully saturated rings. The van der Waals surface area contributed by atoms with Gasteiger partial charge in [0.1, 0.15) is 17.5 Å². The van der Waals surface area contributed by atoms with Crippen LogP contribution in [0.5, 0.6) is 11.5 Å². The first kappa shape index (κ1) is 17.0. The lowest BCUT2D eigenvalue weighted by Crippen LogP contribution is -2.54. The highest BCUT2D eigenvalue weighted by Gasteiger charge is 2.37. The molecule has 0 bridgehead atoms. The Balaban J connectivity index is 1.72. The third kappa shape index (κ3) is 4.36. The van der Waals surface area contributed by atoms with Crippen molar-refractivity contribution >= 4 is 12.1 Å². The molecule has 1 N–H and O–H groups in total. The second-order valence-corrected chi connectivity index (χ2v) is 5.81. The monoisotopic (exact) mass is 341 g/mol. The first-order chi connectivity index (χ1) is 12.1. The van der Waals surface area contributed by atoms with Crippen LogP contribution in [0.2, 0.25) is 0 Å². The normalized spacial score (nSPS) is 20.0. The maximum atomic E-state index is 12.5. The molecule has 0 aliphatic carbocycles. The zero-order valence-electron chi connectivity index (χ0n) is 13.6. The lowest BCUT2D eigenvalue weighted by atomic mass is 10.0. The molecule has 1 saturated heterocycles. The number of rotatable bonds is 3. The summed E-state index contributed by atoms with van der Waals surface area (Å²) < 4.78 is 10.7. The van der Waals surface area contributed by atoms with Gasteiger partial charge in [0, 0.05) is 0 Å². The SMILES string of the molecule is O=C(Oc1ccccc1)[C@@H]1CC[C@@H](O)CN1C(=O)Oc1ccccc1. The predicted octanol–water partition coefficient (Wildman–Crippen LogP) is 2.62. The number of ether oxygens (including phenoxy) is 2. The number of hydrogen-bond acceptors (Lipinski definition) is 5. The predicted molar refractivity (Wildman–Crippen MR) is 90.3 cm³/mol. The van der Waals surface area contributed by atoms with Crippen molar-refractivity contribution in [3.63, 3.8) is 0 Å². The Labute approximate surface area is 145 Å². The van der Waals surface area contributed by atoms with Gasteiger partial charge in [-0.2, -0.15) is 0 Å². The number of esters is 1. The molecule has 2 atom stereocenters. The van der Waals surface area contributed by atoms with Crippen LogP contribution in [-0.4, -0.2) is 40.8 Å². The van der Waals surface area contributed by atoms with Crippen LogP contribution in [0.15, 0.2) is 60.7 Å². The lowest BCUT2D eigenvalue weighted by Gasteiger charge is -2.35. The summed E-state index contributed by atoms with van der Waals surface area (Å²) in [5.74, 6) is 0.251. The van der Waals surface area contributed by atoms with E-state index in [0.717, 1.165) is 0 Å². The molecule has 0 radical (unpaired) electrons. The number of hydrogen-bond donors (Lipinski definition) is 1. The molecule has 0 unspecified atom stereocenters. The number of piperidine rings is 1. The van der Waals surface area contributed by atoms with E-state index in [0.29, 0.717) is 24.3 Å². The second-order valence-electron chi connectivity index (χ2n) is 5.81. The first-order valence-electron chi connectivity index (χ1n) is 8.12. The number of β-amino-alcohol motifs (C(OH)–C–C–N with tert-alkyl or cyclic N) is 1. The Kier molecular flexibility index (Phi) is 5.30. The molecule has 6 heteroatoms. The number of carbonyl (C=O) groups excluding carboxylic acids is 2. The first-order valence-corrected chi connectivity index (χ1v) is 8.12. The fraction of sp³-hybridized carbons (Fsp3) is 0.263.